The molecule has 5 nitrogen and oxygen atoms in total. The van der Waals surface area contributed by atoms with Gasteiger partial charge in [-0.1, -0.05) is 17.7 Å². The van der Waals surface area contributed by atoms with Gasteiger partial charge in [0.05, 0.1) is 6.10 Å². The van der Waals surface area contributed by atoms with Crippen molar-refractivity contribution in [3.8, 4) is 0 Å². The largest absolute Gasteiger partial charge is 0.393 e. The van der Waals surface area contributed by atoms with Crippen molar-refractivity contribution in [2.45, 2.75) is 25.9 Å². The minimum atomic E-state index is -0.663. The van der Waals surface area contributed by atoms with Crippen molar-refractivity contribution in [3.05, 3.63) is 29.8 Å². The fourth-order valence-corrected chi connectivity index (χ4v) is 2.01. The first-order valence-electron chi connectivity index (χ1n) is 6.38. The van der Waals surface area contributed by atoms with E-state index in [0.29, 0.717) is 25.1 Å². The van der Waals surface area contributed by atoms with Gasteiger partial charge in [0.1, 0.15) is 0 Å². The summed E-state index contributed by atoms with van der Waals surface area (Å²) in [5.74, 6) is -1.02. The van der Waals surface area contributed by atoms with Gasteiger partial charge < -0.3 is 15.7 Å². The molecule has 1 aromatic rings. The second kappa shape index (κ2) is 5.84. The maximum absolute atomic E-state index is 11.6. The number of hydrogen-bond donors (Lipinski definition) is 3. The molecule has 2 rings (SSSR count). The summed E-state index contributed by atoms with van der Waals surface area (Å²) in [5.41, 5.74) is 1.69. The molecular formula is C14H18N2O3. The molecule has 1 aliphatic rings. The van der Waals surface area contributed by atoms with E-state index in [0.717, 1.165) is 5.56 Å². The Kier molecular flexibility index (Phi) is 4.16. The third kappa shape index (κ3) is 3.79. The van der Waals surface area contributed by atoms with Gasteiger partial charge in [0, 0.05) is 12.2 Å². The summed E-state index contributed by atoms with van der Waals surface area (Å²) in [6, 6.07) is 7.23. The molecular weight excluding hydrogens is 244 g/mol. The Balaban J connectivity index is 1.76. The lowest BCUT2D eigenvalue weighted by atomic mass is 9.82. The van der Waals surface area contributed by atoms with Crippen molar-refractivity contribution in [3.63, 3.8) is 0 Å². The maximum Gasteiger partial charge on any atom is 0.313 e. The summed E-state index contributed by atoms with van der Waals surface area (Å²) < 4.78 is 0. The number of benzene rings is 1. The van der Waals surface area contributed by atoms with Crippen LogP contribution in [-0.2, 0) is 9.59 Å². The highest BCUT2D eigenvalue weighted by atomic mass is 16.3. The van der Waals surface area contributed by atoms with Gasteiger partial charge in [-0.3, -0.25) is 9.59 Å². The Hall–Kier alpha value is -1.88. The number of nitrogens with one attached hydrogen (secondary N) is 2. The molecule has 0 saturated heterocycles. The average Bonchev–Trinajstić information content (AvgIpc) is 2.35. The van der Waals surface area contributed by atoms with Crippen LogP contribution in [0.2, 0.25) is 0 Å². The van der Waals surface area contributed by atoms with Crippen LogP contribution in [0.25, 0.3) is 0 Å². The molecule has 1 aliphatic carbocycles. The van der Waals surface area contributed by atoms with Crippen molar-refractivity contribution in [2.75, 3.05) is 11.9 Å². The van der Waals surface area contributed by atoms with Gasteiger partial charge in [0.2, 0.25) is 0 Å². The van der Waals surface area contributed by atoms with Gasteiger partial charge in [0.25, 0.3) is 0 Å². The molecule has 0 heterocycles. The number of aliphatic hydroxyl groups excluding tert-OH is 1. The number of anilines is 1. The third-order valence-corrected chi connectivity index (χ3v) is 3.28. The van der Waals surface area contributed by atoms with Crippen molar-refractivity contribution in [1.29, 1.82) is 0 Å². The van der Waals surface area contributed by atoms with E-state index in [1.807, 2.05) is 19.1 Å². The lowest BCUT2D eigenvalue weighted by Gasteiger charge is -2.31. The predicted molar refractivity (Wildman–Crippen MR) is 71.5 cm³/mol. The quantitative estimate of drug-likeness (QED) is 0.706. The van der Waals surface area contributed by atoms with Gasteiger partial charge in [-0.05, 0) is 37.8 Å². The first-order valence-corrected chi connectivity index (χ1v) is 6.38. The first-order chi connectivity index (χ1) is 9.04. The Morgan fingerprint density at radius 2 is 1.84 bits per heavy atom. The number of aliphatic hydroxyl groups is 1. The topological polar surface area (TPSA) is 78.4 Å². The van der Waals surface area contributed by atoms with Crippen LogP contribution in [0, 0.1) is 12.8 Å². The summed E-state index contributed by atoms with van der Waals surface area (Å²) in [7, 11) is 0. The second-order valence-electron chi connectivity index (χ2n) is 5.02. The van der Waals surface area contributed by atoms with Crippen molar-refractivity contribution < 1.29 is 14.7 Å². The van der Waals surface area contributed by atoms with E-state index in [9.17, 15) is 9.59 Å². The smallest absolute Gasteiger partial charge is 0.313 e. The summed E-state index contributed by atoms with van der Waals surface area (Å²) in [6.45, 7) is 2.39. The van der Waals surface area contributed by atoms with E-state index < -0.39 is 11.8 Å². The van der Waals surface area contributed by atoms with Crippen molar-refractivity contribution in [1.82, 2.24) is 5.32 Å². The van der Waals surface area contributed by atoms with E-state index in [1.165, 1.54) is 0 Å². The number of aryl methyl sites for hydroxylation is 1. The van der Waals surface area contributed by atoms with E-state index in [1.54, 1.807) is 12.1 Å². The molecule has 2 amide bonds. The van der Waals surface area contributed by atoms with Gasteiger partial charge >= 0.3 is 11.8 Å². The summed E-state index contributed by atoms with van der Waals surface area (Å²) in [6.07, 6.45) is 1.14. The molecule has 1 fully saturated rings. The molecule has 3 N–H and O–H groups in total. The zero-order valence-electron chi connectivity index (χ0n) is 10.8. The highest BCUT2D eigenvalue weighted by Crippen LogP contribution is 2.25. The molecule has 0 aliphatic heterocycles. The zero-order chi connectivity index (χ0) is 13.8. The predicted octanol–water partition coefficient (Wildman–Crippen LogP) is 0.821. The summed E-state index contributed by atoms with van der Waals surface area (Å²) >= 11 is 0. The molecule has 5 heteroatoms. The molecule has 0 spiro atoms. The number of carbonyl (C=O) groups excluding carboxylic acids is 2. The Labute approximate surface area is 112 Å². The fraction of sp³-hybridized carbons (Fsp3) is 0.429. The van der Waals surface area contributed by atoms with Crippen LogP contribution in [-0.4, -0.2) is 29.6 Å². The normalized spacial score (nSPS) is 21.4. The number of carbonyl (C=O) groups is 2. The van der Waals surface area contributed by atoms with Crippen LogP contribution in [0.1, 0.15) is 18.4 Å². The minimum absolute atomic E-state index is 0.247. The van der Waals surface area contributed by atoms with Gasteiger partial charge in [-0.15, -0.1) is 0 Å². The van der Waals surface area contributed by atoms with E-state index in [4.69, 9.17) is 5.11 Å². The van der Waals surface area contributed by atoms with Crippen molar-refractivity contribution in [2.24, 2.45) is 5.92 Å². The molecule has 0 unspecified atom stereocenters. The molecule has 0 atom stereocenters. The van der Waals surface area contributed by atoms with E-state index in [2.05, 4.69) is 10.6 Å². The van der Waals surface area contributed by atoms with Crippen LogP contribution >= 0.6 is 0 Å². The minimum Gasteiger partial charge on any atom is -0.393 e. The monoisotopic (exact) mass is 262 g/mol. The van der Waals surface area contributed by atoms with Crippen LogP contribution in [0.4, 0.5) is 5.69 Å². The summed E-state index contributed by atoms with van der Waals surface area (Å²) in [4.78, 5) is 23.2. The fourth-order valence-electron chi connectivity index (χ4n) is 2.01. The van der Waals surface area contributed by atoms with E-state index in [-0.39, 0.29) is 12.0 Å². The number of rotatable bonds is 3. The SMILES string of the molecule is Cc1ccc(NC(=O)C(=O)NCC2CC(O)C2)cc1. The molecule has 102 valence electrons. The molecule has 0 aromatic heterocycles. The highest BCUT2D eigenvalue weighted by Gasteiger charge is 2.27. The van der Waals surface area contributed by atoms with Gasteiger partial charge in [-0.2, -0.15) is 0 Å². The highest BCUT2D eigenvalue weighted by molar-refractivity contribution is 6.39. The van der Waals surface area contributed by atoms with Crippen LogP contribution < -0.4 is 10.6 Å². The third-order valence-electron chi connectivity index (χ3n) is 3.28. The maximum atomic E-state index is 11.6. The standard InChI is InChI=1S/C14H18N2O3/c1-9-2-4-11(5-3-9)16-14(19)13(18)15-8-10-6-12(17)7-10/h2-5,10,12,17H,6-8H2,1H3,(H,15,18)(H,16,19). The Bertz CT molecular complexity index is 464. The van der Waals surface area contributed by atoms with Crippen LogP contribution in [0.3, 0.4) is 0 Å². The first kappa shape index (κ1) is 13.5. The summed E-state index contributed by atoms with van der Waals surface area (Å²) in [5, 5.41) is 14.2. The molecule has 0 radical (unpaired) electrons. The number of hydrogen-bond acceptors (Lipinski definition) is 3. The van der Waals surface area contributed by atoms with E-state index >= 15 is 0 Å². The molecule has 1 saturated carbocycles. The number of amides is 2. The molecule has 1 aromatic carbocycles. The molecule has 0 bridgehead atoms. The van der Waals surface area contributed by atoms with Crippen LogP contribution in [0.15, 0.2) is 24.3 Å². The average molecular weight is 262 g/mol. The Morgan fingerprint density at radius 1 is 1.21 bits per heavy atom. The Morgan fingerprint density at radius 3 is 2.42 bits per heavy atom. The van der Waals surface area contributed by atoms with Gasteiger partial charge in [0.15, 0.2) is 0 Å². The second-order valence-corrected chi connectivity index (χ2v) is 5.02. The molecule has 19 heavy (non-hydrogen) atoms. The lowest BCUT2D eigenvalue weighted by Crippen LogP contribution is -2.42. The lowest BCUT2D eigenvalue weighted by molar-refractivity contribution is -0.136. The zero-order valence-corrected chi connectivity index (χ0v) is 10.8. The van der Waals surface area contributed by atoms with Gasteiger partial charge in [-0.25, -0.2) is 0 Å². The van der Waals surface area contributed by atoms with Crippen LogP contribution in [0.5, 0.6) is 0 Å². The van der Waals surface area contributed by atoms with Crippen molar-refractivity contribution >= 4 is 17.5 Å².